The summed E-state index contributed by atoms with van der Waals surface area (Å²) in [5.74, 6) is 1.25. The fourth-order valence-corrected chi connectivity index (χ4v) is 4.18. The molecule has 2 unspecified atom stereocenters. The molecule has 19 heavy (non-hydrogen) atoms. The van der Waals surface area contributed by atoms with Crippen LogP contribution in [0.5, 0.6) is 0 Å². The Balaban J connectivity index is 1.71. The highest BCUT2D eigenvalue weighted by molar-refractivity contribution is 7.99. The molecule has 0 bridgehead atoms. The average molecular weight is 277 g/mol. The van der Waals surface area contributed by atoms with Gasteiger partial charge in [0.1, 0.15) is 0 Å². The Hall–Kier alpha value is -0.470. The number of benzene rings is 1. The number of nitrogens with one attached hydrogen (secondary N) is 1. The van der Waals surface area contributed by atoms with Gasteiger partial charge in [-0.05, 0) is 61.9 Å². The number of hydrogen-bond acceptors (Lipinski definition) is 2. The summed E-state index contributed by atoms with van der Waals surface area (Å²) in [6.45, 7) is 5.91. The van der Waals surface area contributed by atoms with E-state index in [-0.39, 0.29) is 0 Å². The first-order chi connectivity index (χ1) is 9.22. The number of hydrogen-bond donors (Lipinski definition) is 1. The number of rotatable bonds is 7. The lowest BCUT2D eigenvalue weighted by atomic mass is 9.86. The van der Waals surface area contributed by atoms with Crippen LogP contribution >= 0.6 is 11.8 Å². The lowest BCUT2D eigenvalue weighted by Gasteiger charge is -2.24. The molecule has 2 atom stereocenters. The predicted molar refractivity (Wildman–Crippen MR) is 85.8 cm³/mol. The van der Waals surface area contributed by atoms with E-state index in [1.54, 1.807) is 0 Å². The zero-order chi connectivity index (χ0) is 13.6. The van der Waals surface area contributed by atoms with Gasteiger partial charge in [0.05, 0.1) is 0 Å². The summed E-state index contributed by atoms with van der Waals surface area (Å²) in [7, 11) is 0. The van der Waals surface area contributed by atoms with Crippen molar-refractivity contribution in [2.24, 2.45) is 5.41 Å². The molecule has 0 aromatic heterocycles. The van der Waals surface area contributed by atoms with E-state index in [0.29, 0.717) is 5.41 Å². The molecule has 1 fully saturated rings. The molecule has 106 valence electrons. The van der Waals surface area contributed by atoms with Crippen molar-refractivity contribution in [2.75, 3.05) is 12.3 Å². The Morgan fingerprint density at radius 1 is 1.32 bits per heavy atom. The van der Waals surface area contributed by atoms with Gasteiger partial charge < -0.3 is 5.32 Å². The van der Waals surface area contributed by atoms with Crippen molar-refractivity contribution >= 4 is 11.8 Å². The third-order valence-electron chi connectivity index (χ3n) is 4.24. The first-order valence-corrected chi connectivity index (χ1v) is 8.62. The monoisotopic (exact) mass is 277 g/mol. The molecule has 1 N–H and O–H groups in total. The zero-order valence-electron chi connectivity index (χ0n) is 12.3. The topological polar surface area (TPSA) is 12.0 Å². The Morgan fingerprint density at radius 2 is 2.11 bits per heavy atom. The minimum atomic E-state index is 0.563. The second-order valence-corrected chi connectivity index (χ2v) is 7.28. The molecule has 1 aliphatic carbocycles. The maximum atomic E-state index is 3.69. The lowest BCUT2D eigenvalue weighted by molar-refractivity contribution is 0.314. The van der Waals surface area contributed by atoms with E-state index in [0.717, 1.165) is 6.04 Å². The van der Waals surface area contributed by atoms with Gasteiger partial charge >= 0.3 is 0 Å². The molecule has 1 saturated carbocycles. The molecule has 0 amide bonds. The summed E-state index contributed by atoms with van der Waals surface area (Å²) in [5.41, 5.74) is 0.563. The van der Waals surface area contributed by atoms with Crippen LogP contribution in [0.2, 0.25) is 0 Å². The van der Waals surface area contributed by atoms with Gasteiger partial charge in [-0.25, -0.2) is 0 Å². The van der Waals surface area contributed by atoms with E-state index in [4.69, 9.17) is 0 Å². The van der Waals surface area contributed by atoms with Crippen LogP contribution in [0, 0.1) is 5.41 Å². The fourth-order valence-electron chi connectivity index (χ4n) is 3.00. The van der Waals surface area contributed by atoms with E-state index >= 15 is 0 Å². The second kappa shape index (κ2) is 7.35. The smallest absolute Gasteiger partial charge is 0.00724 e. The summed E-state index contributed by atoms with van der Waals surface area (Å²) in [5, 5.41) is 3.69. The number of thioether (sulfide) groups is 1. The summed E-state index contributed by atoms with van der Waals surface area (Å²) in [6.07, 6.45) is 6.71. The highest BCUT2D eigenvalue weighted by Crippen LogP contribution is 2.42. The molecule has 1 aliphatic rings. The molecular formula is C17H27NS. The van der Waals surface area contributed by atoms with Gasteiger partial charge in [0.15, 0.2) is 0 Å². The minimum absolute atomic E-state index is 0.563. The highest BCUT2D eigenvalue weighted by Gasteiger charge is 2.34. The van der Waals surface area contributed by atoms with Gasteiger partial charge in [0, 0.05) is 10.9 Å². The van der Waals surface area contributed by atoms with Crippen LogP contribution in [-0.4, -0.2) is 18.3 Å². The quantitative estimate of drug-likeness (QED) is 0.723. The first kappa shape index (κ1) is 14.9. The maximum Gasteiger partial charge on any atom is 0.00724 e. The predicted octanol–water partition coefficient (Wildman–Crippen LogP) is 4.73. The van der Waals surface area contributed by atoms with Crippen LogP contribution in [0.25, 0.3) is 0 Å². The average Bonchev–Trinajstić information content (AvgIpc) is 2.80. The van der Waals surface area contributed by atoms with Crippen LogP contribution in [0.15, 0.2) is 35.2 Å². The molecule has 0 radical (unpaired) electrons. The minimum Gasteiger partial charge on any atom is -0.314 e. The molecule has 0 aliphatic heterocycles. The normalized spacial score (nSPS) is 26.7. The van der Waals surface area contributed by atoms with Crippen LogP contribution in [0.3, 0.4) is 0 Å². The van der Waals surface area contributed by atoms with Crippen molar-refractivity contribution < 1.29 is 0 Å². The third kappa shape index (κ3) is 4.85. The second-order valence-electron chi connectivity index (χ2n) is 6.12. The molecule has 0 heterocycles. The zero-order valence-corrected chi connectivity index (χ0v) is 13.1. The SMILES string of the molecule is CCCNC1CCC(C)(CCSc2ccccc2)C1. The van der Waals surface area contributed by atoms with Crippen molar-refractivity contribution in [2.45, 2.75) is 56.9 Å². The van der Waals surface area contributed by atoms with Gasteiger partial charge in [-0.15, -0.1) is 11.8 Å². The Morgan fingerprint density at radius 3 is 2.84 bits per heavy atom. The van der Waals surface area contributed by atoms with E-state index in [1.807, 2.05) is 11.8 Å². The lowest BCUT2D eigenvalue weighted by Crippen LogP contribution is -2.28. The summed E-state index contributed by atoms with van der Waals surface area (Å²) >= 11 is 2.00. The van der Waals surface area contributed by atoms with Crippen LogP contribution in [0.1, 0.15) is 46.0 Å². The Kier molecular flexibility index (Phi) is 5.77. The van der Waals surface area contributed by atoms with Crippen molar-refractivity contribution in [3.8, 4) is 0 Å². The van der Waals surface area contributed by atoms with Crippen molar-refractivity contribution in [3.63, 3.8) is 0 Å². The maximum absolute atomic E-state index is 3.69. The first-order valence-electron chi connectivity index (χ1n) is 7.63. The van der Waals surface area contributed by atoms with Crippen molar-refractivity contribution in [3.05, 3.63) is 30.3 Å². The van der Waals surface area contributed by atoms with Gasteiger partial charge in [0.2, 0.25) is 0 Å². The summed E-state index contributed by atoms with van der Waals surface area (Å²) in [4.78, 5) is 1.41. The van der Waals surface area contributed by atoms with Gasteiger partial charge in [-0.2, -0.15) is 0 Å². The fraction of sp³-hybridized carbons (Fsp3) is 0.647. The van der Waals surface area contributed by atoms with Crippen LogP contribution in [-0.2, 0) is 0 Å². The van der Waals surface area contributed by atoms with Crippen LogP contribution < -0.4 is 5.32 Å². The molecule has 2 rings (SSSR count). The molecule has 2 heteroatoms. The van der Waals surface area contributed by atoms with Crippen molar-refractivity contribution in [1.29, 1.82) is 0 Å². The van der Waals surface area contributed by atoms with E-state index in [9.17, 15) is 0 Å². The van der Waals surface area contributed by atoms with E-state index in [2.05, 4.69) is 49.5 Å². The molecule has 1 aromatic carbocycles. The largest absolute Gasteiger partial charge is 0.314 e. The molecule has 1 nitrogen and oxygen atoms in total. The van der Waals surface area contributed by atoms with E-state index in [1.165, 1.54) is 49.3 Å². The third-order valence-corrected chi connectivity index (χ3v) is 5.25. The molecule has 1 aromatic rings. The van der Waals surface area contributed by atoms with E-state index < -0.39 is 0 Å². The Labute approximate surface area is 122 Å². The van der Waals surface area contributed by atoms with Crippen LogP contribution in [0.4, 0.5) is 0 Å². The standard InChI is InChI=1S/C17H27NS/c1-3-12-18-15-9-10-17(2,14-15)11-13-19-16-7-5-4-6-8-16/h4-8,15,18H,3,9-14H2,1-2H3. The molecular weight excluding hydrogens is 250 g/mol. The van der Waals surface area contributed by atoms with Gasteiger partial charge in [0.25, 0.3) is 0 Å². The molecule has 0 saturated heterocycles. The highest BCUT2D eigenvalue weighted by atomic mass is 32.2. The van der Waals surface area contributed by atoms with Gasteiger partial charge in [-0.1, -0.05) is 32.0 Å². The summed E-state index contributed by atoms with van der Waals surface area (Å²) in [6, 6.07) is 11.5. The van der Waals surface area contributed by atoms with Gasteiger partial charge in [-0.3, -0.25) is 0 Å². The van der Waals surface area contributed by atoms with Crippen molar-refractivity contribution in [1.82, 2.24) is 5.32 Å². The summed E-state index contributed by atoms with van der Waals surface area (Å²) < 4.78 is 0. The Bertz CT molecular complexity index is 365. The molecule has 0 spiro atoms.